The van der Waals surface area contributed by atoms with Crippen molar-refractivity contribution in [3.63, 3.8) is 0 Å². The molecule has 1 atom stereocenters. The van der Waals surface area contributed by atoms with Crippen molar-refractivity contribution in [1.82, 2.24) is 9.97 Å². The highest BCUT2D eigenvalue weighted by Gasteiger charge is 2.35. The molecule has 0 unspecified atom stereocenters. The van der Waals surface area contributed by atoms with Gasteiger partial charge in [-0.05, 0) is 41.8 Å². The van der Waals surface area contributed by atoms with Crippen LogP contribution in [0.15, 0.2) is 57.8 Å². The van der Waals surface area contributed by atoms with Crippen molar-refractivity contribution in [3.8, 4) is 0 Å². The summed E-state index contributed by atoms with van der Waals surface area (Å²) in [5, 5.41) is 5.46. The molecule has 162 valence electrons. The summed E-state index contributed by atoms with van der Waals surface area (Å²) in [6.07, 6.45) is 0.720. The quantitative estimate of drug-likeness (QED) is 0.519. The minimum atomic E-state index is -0.922. The van der Waals surface area contributed by atoms with Crippen LogP contribution in [0.5, 0.6) is 0 Å². The Kier molecular flexibility index (Phi) is 5.26. The molecule has 9 heteroatoms. The van der Waals surface area contributed by atoms with Gasteiger partial charge in [0, 0.05) is 29.7 Å². The Labute approximate surface area is 192 Å². The van der Waals surface area contributed by atoms with Crippen LogP contribution in [0.25, 0.3) is 0 Å². The van der Waals surface area contributed by atoms with Crippen LogP contribution in [0, 0.1) is 0 Å². The van der Waals surface area contributed by atoms with E-state index in [9.17, 15) is 14.4 Å². The Balaban J connectivity index is 1.44. The minimum Gasteiger partial charge on any atom is -0.338 e. The van der Waals surface area contributed by atoms with Crippen molar-refractivity contribution < 1.29 is 9.59 Å². The van der Waals surface area contributed by atoms with Crippen LogP contribution in [0.3, 0.4) is 0 Å². The normalized spacial score (nSPS) is 17.2. The highest BCUT2D eigenvalue weighted by Crippen LogP contribution is 2.31. The van der Waals surface area contributed by atoms with E-state index in [1.54, 1.807) is 24.3 Å². The first kappa shape index (κ1) is 20.4. The standard InChI is InChI=1S/C23H20BrN5O3/c24-15-5-7-16(8-6-15)25-21(31)17-11-18(30)26-20-19(17)22(32)28-23(27-20)29-10-9-13-3-1-2-4-14(13)12-29/h1-8,17H,9-12H2,(H,25,31)(H2,26,27,28,30,32)/t17-/m0/s1. The van der Waals surface area contributed by atoms with Crippen LogP contribution in [0.1, 0.15) is 29.0 Å². The number of halogens is 1. The minimum absolute atomic E-state index is 0.115. The number of anilines is 3. The molecule has 0 saturated carbocycles. The summed E-state index contributed by atoms with van der Waals surface area (Å²) in [7, 11) is 0. The maximum Gasteiger partial charge on any atom is 0.258 e. The predicted octanol–water partition coefficient (Wildman–Crippen LogP) is 3.16. The van der Waals surface area contributed by atoms with Crippen molar-refractivity contribution in [2.75, 3.05) is 22.1 Å². The highest BCUT2D eigenvalue weighted by atomic mass is 79.9. The number of hydrogen-bond donors (Lipinski definition) is 3. The lowest BCUT2D eigenvalue weighted by molar-refractivity contribution is -0.123. The van der Waals surface area contributed by atoms with Crippen molar-refractivity contribution in [1.29, 1.82) is 0 Å². The van der Waals surface area contributed by atoms with E-state index >= 15 is 0 Å². The number of benzene rings is 2. The summed E-state index contributed by atoms with van der Waals surface area (Å²) in [5.41, 5.74) is 2.80. The lowest BCUT2D eigenvalue weighted by Gasteiger charge is -2.30. The van der Waals surface area contributed by atoms with Gasteiger partial charge < -0.3 is 15.5 Å². The van der Waals surface area contributed by atoms with Crippen LogP contribution in [-0.2, 0) is 22.6 Å². The largest absolute Gasteiger partial charge is 0.338 e. The van der Waals surface area contributed by atoms with Gasteiger partial charge in [0.25, 0.3) is 5.56 Å². The molecule has 3 N–H and O–H groups in total. The molecule has 0 spiro atoms. The van der Waals surface area contributed by atoms with E-state index in [4.69, 9.17) is 0 Å². The number of H-pyrrole nitrogens is 1. The molecule has 0 aliphatic carbocycles. The average Bonchev–Trinajstić information content (AvgIpc) is 2.79. The third-order valence-electron chi connectivity index (χ3n) is 5.80. The van der Waals surface area contributed by atoms with Gasteiger partial charge in [-0.3, -0.25) is 19.4 Å². The average molecular weight is 494 g/mol. The fourth-order valence-corrected chi connectivity index (χ4v) is 4.44. The molecule has 5 rings (SSSR count). The molecule has 0 saturated heterocycles. The van der Waals surface area contributed by atoms with Crippen molar-refractivity contribution in [2.45, 2.75) is 25.3 Å². The molecule has 0 bridgehead atoms. The second kappa shape index (κ2) is 8.23. The van der Waals surface area contributed by atoms with Gasteiger partial charge in [0.05, 0.1) is 11.5 Å². The smallest absolute Gasteiger partial charge is 0.258 e. The Morgan fingerprint density at radius 1 is 1.09 bits per heavy atom. The molecule has 8 nitrogen and oxygen atoms in total. The fraction of sp³-hybridized carbons (Fsp3) is 0.217. The SMILES string of the molecule is O=C1C[C@H](C(=O)Nc2ccc(Br)cc2)c2c(nc(N3CCc4ccccc4C3)[nH]c2=O)N1. The molecule has 32 heavy (non-hydrogen) atoms. The lowest BCUT2D eigenvalue weighted by Crippen LogP contribution is -2.38. The van der Waals surface area contributed by atoms with Crippen molar-refractivity contribution in [3.05, 3.63) is 80.0 Å². The molecular weight excluding hydrogens is 474 g/mol. The predicted molar refractivity (Wildman–Crippen MR) is 125 cm³/mol. The number of carbonyl (C=O) groups excluding carboxylic acids is 2. The van der Waals surface area contributed by atoms with Crippen LogP contribution < -0.4 is 21.1 Å². The van der Waals surface area contributed by atoms with Crippen LogP contribution in [0.4, 0.5) is 17.5 Å². The van der Waals surface area contributed by atoms with Crippen LogP contribution in [-0.4, -0.2) is 28.3 Å². The molecule has 2 aromatic carbocycles. The van der Waals surface area contributed by atoms with Gasteiger partial charge >= 0.3 is 0 Å². The Hall–Kier alpha value is -3.46. The van der Waals surface area contributed by atoms with E-state index < -0.39 is 17.4 Å². The van der Waals surface area contributed by atoms with Gasteiger partial charge in [-0.15, -0.1) is 0 Å². The van der Waals surface area contributed by atoms with Gasteiger partial charge in [0.1, 0.15) is 5.82 Å². The third kappa shape index (κ3) is 3.91. The monoisotopic (exact) mass is 493 g/mol. The number of hydrogen-bond acceptors (Lipinski definition) is 5. The van der Waals surface area contributed by atoms with E-state index in [0.29, 0.717) is 24.7 Å². The fourth-order valence-electron chi connectivity index (χ4n) is 4.17. The zero-order chi connectivity index (χ0) is 22.2. The molecule has 0 radical (unpaired) electrons. The first-order valence-electron chi connectivity index (χ1n) is 10.3. The number of aromatic nitrogens is 2. The molecule has 3 heterocycles. The van der Waals surface area contributed by atoms with E-state index in [1.807, 2.05) is 17.0 Å². The van der Waals surface area contributed by atoms with Gasteiger partial charge in [-0.2, -0.15) is 4.98 Å². The summed E-state index contributed by atoms with van der Waals surface area (Å²) in [6, 6.07) is 15.2. The van der Waals surface area contributed by atoms with Gasteiger partial charge in [-0.25, -0.2) is 0 Å². The summed E-state index contributed by atoms with van der Waals surface area (Å²) in [6.45, 7) is 1.31. The maximum atomic E-state index is 13.0. The molecule has 0 fully saturated rings. The van der Waals surface area contributed by atoms with Crippen LogP contribution in [0.2, 0.25) is 0 Å². The number of carbonyl (C=O) groups is 2. The van der Waals surface area contributed by atoms with Crippen molar-refractivity contribution in [2.24, 2.45) is 0 Å². The lowest BCUT2D eigenvalue weighted by atomic mass is 9.92. The maximum absolute atomic E-state index is 13.0. The van der Waals surface area contributed by atoms with Crippen LogP contribution >= 0.6 is 15.9 Å². The number of aromatic amines is 1. The van der Waals surface area contributed by atoms with Gasteiger partial charge in [-0.1, -0.05) is 40.2 Å². The molecule has 2 aliphatic rings. The summed E-state index contributed by atoms with van der Waals surface area (Å²) in [5.74, 6) is -1.15. The number of nitrogens with one attached hydrogen (secondary N) is 3. The first-order chi connectivity index (χ1) is 15.5. The van der Waals surface area contributed by atoms with E-state index in [-0.39, 0.29) is 23.7 Å². The van der Waals surface area contributed by atoms with E-state index in [1.165, 1.54) is 11.1 Å². The number of nitrogens with zero attached hydrogens (tertiary/aromatic N) is 2. The number of amides is 2. The summed E-state index contributed by atoms with van der Waals surface area (Å²) in [4.78, 5) is 47.6. The highest BCUT2D eigenvalue weighted by molar-refractivity contribution is 9.10. The summed E-state index contributed by atoms with van der Waals surface area (Å²) < 4.78 is 0.881. The number of fused-ring (bicyclic) bond motifs is 2. The number of rotatable bonds is 3. The first-order valence-corrected chi connectivity index (χ1v) is 11.1. The topological polar surface area (TPSA) is 107 Å². The zero-order valence-corrected chi connectivity index (χ0v) is 18.6. The molecule has 3 aromatic rings. The molecule has 1 aromatic heterocycles. The van der Waals surface area contributed by atoms with E-state index in [0.717, 1.165) is 10.9 Å². The second-order valence-electron chi connectivity index (χ2n) is 7.89. The Bertz CT molecular complexity index is 1270. The zero-order valence-electron chi connectivity index (χ0n) is 17.0. The Morgan fingerprint density at radius 3 is 2.62 bits per heavy atom. The second-order valence-corrected chi connectivity index (χ2v) is 8.81. The third-order valence-corrected chi connectivity index (χ3v) is 6.33. The summed E-state index contributed by atoms with van der Waals surface area (Å²) >= 11 is 3.35. The Morgan fingerprint density at radius 2 is 1.84 bits per heavy atom. The molecule has 2 aliphatic heterocycles. The van der Waals surface area contributed by atoms with Gasteiger partial charge in [0.2, 0.25) is 17.8 Å². The van der Waals surface area contributed by atoms with E-state index in [2.05, 4.69) is 48.7 Å². The molecular formula is C23H20BrN5O3. The van der Waals surface area contributed by atoms with Gasteiger partial charge in [0.15, 0.2) is 0 Å². The molecule has 2 amide bonds. The van der Waals surface area contributed by atoms with Crippen molar-refractivity contribution >= 4 is 45.2 Å².